The van der Waals surface area contributed by atoms with Crippen LogP contribution in [0.4, 0.5) is 0 Å². The summed E-state index contributed by atoms with van der Waals surface area (Å²) < 4.78 is 3.12. The minimum atomic E-state index is -0.932. The van der Waals surface area contributed by atoms with Crippen molar-refractivity contribution in [1.29, 1.82) is 5.41 Å². The highest BCUT2D eigenvalue weighted by Gasteiger charge is 2.25. The van der Waals surface area contributed by atoms with Gasteiger partial charge in [0.15, 0.2) is 16.3 Å². The van der Waals surface area contributed by atoms with Gasteiger partial charge in [-0.1, -0.05) is 11.8 Å². The van der Waals surface area contributed by atoms with Crippen LogP contribution < -0.4 is 5.49 Å². The monoisotopic (exact) mass is 558 g/mol. The van der Waals surface area contributed by atoms with E-state index in [1.54, 1.807) is 23.0 Å². The van der Waals surface area contributed by atoms with Crippen molar-refractivity contribution in [2.75, 3.05) is 13.1 Å². The number of hydrogen-bond donors (Lipinski definition) is 3. The van der Waals surface area contributed by atoms with Crippen LogP contribution in [0.25, 0.3) is 11.2 Å². The average molecular weight is 560 g/mol. The van der Waals surface area contributed by atoms with Crippen LogP contribution in [0.2, 0.25) is 0 Å². The number of fused-ring (bicyclic) bond motifs is 2. The molecule has 3 N–H and O–H groups in total. The van der Waals surface area contributed by atoms with Gasteiger partial charge >= 0.3 is 0 Å². The van der Waals surface area contributed by atoms with Gasteiger partial charge in [-0.25, -0.2) is 9.97 Å². The lowest BCUT2D eigenvalue weighted by molar-refractivity contribution is -0.140. The maximum atomic E-state index is 12.0. The van der Waals surface area contributed by atoms with Crippen molar-refractivity contribution in [2.24, 2.45) is 5.92 Å². The molecule has 2 aromatic heterocycles. The Balaban J connectivity index is 1.29. The maximum Gasteiger partial charge on any atom is 0.251 e. The summed E-state index contributed by atoms with van der Waals surface area (Å²) in [4.78, 5) is 27.4. The molecule has 1 fully saturated rings. The van der Waals surface area contributed by atoms with Gasteiger partial charge < -0.3 is 19.6 Å². The zero-order valence-electron chi connectivity index (χ0n) is 19.9. The molecule has 0 spiro atoms. The summed E-state index contributed by atoms with van der Waals surface area (Å²) >= 11 is 5.33. The van der Waals surface area contributed by atoms with Crippen molar-refractivity contribution in [3.63, 3.8) is 0 Å². The lowest BCUT2D eigenvalue weighted by Crippen LogP contribution is -2.43. The fourth-order valence-corrected chi connectivity index (χ4v) is 6.60. The molecule has 1 saturated heterocycles. The Morgan fingerprint density at radius 2 is 2.00 bits per heavy atom. The molecular weight excluding hydrogens is 528 g/mol. The second kappa shape index (κ2) is 10.4. The molecule has 0 bridgehead atoms. The van der Waals surface area contributed by atoms with Crippen LogP contribution in [0.5, 0.6) is 0 Å². The molecule has 1 unspecified atom stereocenters. The number of rotatable bonds is 6. The number of carbonyl (C=O) groups is 1. The van der Waals surface area contributed by atoms with Crippen molar-refractivity contribution >= 4 is 44.8 Å². The molecule has 1 aliphatic carbocycles. The third-order valence-corrected chi connectivity index (χ3v) is 9.03. The van der Waals surface area contributed by atoms with Gasteiger partial charge in [-0.2, -0.15) is 0 Å². The first-order chi connectivity index (χ1) is 16.9. The number of imidazole rings is 1. The van der Waals surface area contributed by atoms with Crippen LogP contribution in [0.15, 0.2) is 33.0 Å². The normalized spacial score (nSPS) is 17.5. The molecule has 8 nitrogen and oxygen atoms in total. The predicted octanol–water partition coefficient (Wildman–Crippen LogP) is 4.04. The minimum Gasteiger partial charge on any atom is -0.384 e. The maximum absolute atomic E-state index is 12.0. The molecule has 2 aliphatic rings. The number of likely N-dealkylation sites (tertiary alicyclic amines) is 1. The first-order valence-electron chi connectivity index (χ1n) is 12.3. The molecule has 1 atom stereocenters. The standard InChI is InChI=1S/C25H31BrN6O2S/c1-15(33)24(34)31-9-6-16(7-10-31)8-11-32-14-28-22(27)21-23(32)30-25(29-21)35-20-13-18-5-3-2-4-17(18)12-19(20)26/h12-16,27,33H,2-11H2,1H3,(H,29,30). The number of aromatic amines is 1. The highest BCUT2D eigenvalue weighted by Crippen LogP contribution is 2.36. The van der Waals surface area contributed by atoms with E-state index in [-0.39, 0.29) is 11.4 Å². The van der Waals surface area contributed by atoms with Crippen LogP contribution in [0, 0.1) is 11.3 Å². The van der Waals surface area contributed by atoms with Crippen LogP contribution in [0.3, 0.4) is 0 Å². The summed E-state index contributed by atoms with van der Waals surface area (Å²) in [5.41, 5.74) is 4.47. The summed E-state index contributed by atoms with van der Waals surface area (Å²) in [7, 11) is 0. The molecule has 35 heavy (non-hydrogen) atoms. The first kappa shape index (κ1) is 24.5. The van der Waals surface area contributed by atoms with Crippen molar-refractivity contribution < 1.29 is 9.90 Å². The Bertz CT molecular complexity index is 1300. The molecule has 0 radical (unpaired) electrons. The van der Waals surface area contributed by atoms with E-state index in [9.17, 15) is 9.90 Å². The van der Waals surface area contributed by atoms with Crippen molar-refractivity contribution in [2.45, 2.75) is 74.6 Å². The molecule has 10 heteroatoms. The summed E-state index contributed by atoms with van der Waals surface area (Å²) in [5, 5.41) is 18.6. The zero-order chi connectivity index (χ0) is 24.5. The Morgan fingerprint density at radius 3 is 2.71 bits per heavy atom. The van der Waals surface area contributed by atoms with E-state index < -0.39 is 6.10 Å². The highest BCUT2D eigenvalue weighted by molar-refractivity contribution is 9.10. The van der Waals surface area contributed by atoms with Crippen LogP contribution >= 0.6 is 27.7 Å². The Kier molecular flexibility index (Phi) is 7.31. The summed E-state index contributed by atoms with van der Waals surface area (Å²) in [6.45, 7) is 3.67. The van der Waals surface area contributed by atoms with Crippen LogP contribution in [-0.2, 0) is 24.2 Å². The van der Waals surface area contributed by atoms with E-state index in [0.717, 1.165) is 58.8 Å². The molecule has 1 amide bonds. The number of nitrogens with one attached hydrogen (secondary N) is 2. The number of carbonyl (C=O) groups excluding carboxylic acids is 1. The van der Waals surface area contributed by atoms with Crippen molar-refractivity contribution in [3.8, 4) is 0 Å². The lowest BCUT2D eigenvalue weighted by Gasteiger charge is -2.32. The number of aryl methyl sites for hydroxylation is 3. The quantitative estimate of drug-likeness (QED) is 0.422. The zero-order valence-corrected chi connectivity index (χ0v) is 22.3. The number of benzene rings is 1. The number of piperidine rings is 1. The molecular formula is C25H31BrN6O2S. The third-order valence-electron chi connectivity index (χ3n) is 7.16. The number of halogens is 1. The number of aliphatic hydroxyl groups excluding tert-OH is 1. The van der Waals surface area contributed by atoms with Gasteiger partial charge in [0.25, 0.3) is 5.91 Å². The van der Waals surface area contributed by atoms with Gasteiger partial charge in [-0.05, 0) is 97.0 Å². The summed E-state index contributed by atoms with van der Waals surface area (Å²) in [5.74, 6) is 0.326. The Morgan fingerprint density at radius 1 is 1.29 bits per heavy atom. The smallest absolute Gasteiger partial charge is 0.251 e. The van der Waals surface area contributed by atoms with E-state index in [1.807, 2.05) is 4.57 Å². The molecule has 1 aliphatic heterocycles. The number of aromatic nitrogens is 4. The van der Waals surface area contributed by atoms with Crippen LogP contribution in [0.1, 0.15) is 50.2 Å². The summed E-state index contributed by atoms with van der Waals surface area (Å²) in [6, 6.07) is 4.52. The van der Waals surface area contributed by atoms with Gasteiger partial charge in [0.05, 0.1) is 6.33 Å². The topological polar surface area (TPSA) is 111 Å². The van der Waals surface area contributed by atoms with Gasteiger partial charge in [0.1, 0.15) is 11.6 Å². The van der Waals surface area contributed by atoms with Gasteiger partial charge in [-0.3, -0.25) is 10.2 Å². The van der Waals surface area contributed by atoms with Gasteiger partial charge in [-0.15, -0.1) is 0 Å². The van der Waals surface area contributed by atoms with Crippen molar-refractivity contribution in [1.82, 2.24) is 24.4 Å². The minimum absolute atomic E-state index is 0.179. The number of nitrogens with zero attached hydrogens (tertiary/aromatic N) is 4. The Labute approximate surface area is 217 Å². The molecule has 1 aromatic carbocycles. The van der Waals surface area contributed by atoms with E-state index in [0.29, 0.717) is 24.5 Å². The first-order valence-corrected chi connectivity index (χ1v) is 14.0. The second-order valence-electron chi connectivity index (χ2n) is 9.62. The SMILES string of the molecule is CC(O)C(=O)N1CCC(CCn2cnc(=N)c3[nH]c(Sc4cc5c(cc4Br)CCCC5)nc32)CC1. The number of aliphatic hydroxyl groups is 1. The van der Waals surface area contributed by atoms with Gasteiger partial charge in [0.2, 0.25) is 0 Å². The number of amides is 1. The fourth-order valence-electron chi connectivity index (χ4n) is 5.12. The predicted molar refractivity (Wildman–Crippen MR) is 138 cm³/mol. The molecule has 186 valence electrons. The van der Waals surface area contributed by atoms with E-state index in [1.165, 1.54) is 30.9 Å². The van der Waals surface area contributed by atoms with Gasteiger partial charge in [0, 0.05) is 29.0 Å². The van der Waals surface area contributed by atoms with Crippen molar-refractivity contribution in [3.05, 3.63) is 39.5 Å². The molecule has 0 saturated carbocycles. The van der Waals surface area contributed by atoms with E-state index in [2.05, 4.69) is 38.0 Å². The fraction of sp³-hybridized carbons (Fsp3) is 0.520. The molecule has 3 heterocycles. The Hall–Kier alpha value is -2.17. The molecule has 5 rings (SSSR count). The number of hydrogen-bond acceptors (Lipinski definition) is 6. The summed E-state index contributed by atoms with van der Waals surface area (Å²) in [6.07, 6.45) is 8.37. The highest BCUT2D eigenvalue weighted by atomic mass is 79.9. The number of H-pyrrole nitrogens is 1. The lowest BCUT2D eigenvalue weighted by atomic mass is 9.92. The third kappa shape index (κ3) is 5.34. The molecule has 3 aromatic rings. The second-order valence-corrected chi connectivity index (χ2v) is 11.5. The van der Waals surface area contributed by atoms with Crippen LogP contribution in [-0.4, -0.2) is 54.6 Å². The van der Waals surface area contributed by atoms with E-state index >= 15 is 0 Å². The largest absolute Gasteiger partial charge is 0.384 e. The average Bonchev–Trinajstić information content (AvgIpc) is 3.29. The van der Waals surface area contributed by atoms with E-state index in [4.69, 9.17) is 10.4 Å².